The van der Waals surface area contributed by atoms with Crippen LogP contribution in [0.2, 0.25) is 0 Å². The van der Waals surface area contributed by atoms with E-state index in [0.717, 1.165) is 12.5 Å². The molecule has 0 aliphatic heterocycles. The second-order valence-corrected chi connectivity index (χ2v) is 5.49. The summed E-state index contributed by atoms with van der Waals surface area (Å²) in [4.78, 5) is 15.2. The lowest BCUT2D eigenvalue weighted by Gasteiger charge is -2.27. The van der Waals surface area contributed by atoms with Crippen LogP contribution in [0.3, 0.4) is 0 Å². The van der Waals surface area contributed by atoms with Crippen LogP contribution in [0.5, 0.6) is 0 Å². The molecule has 2 unspecified atom stereocenters. The molecule has 5 nitrogen and oxygen atoms in total. The molecule has 1 aliphatic rings. The Balaban J connectivity index is 2.01. The Hall–Kier alpha value is -1.78. The van der Waals surface area contributed by atoms with Gasteiger partial charge in [-0.15, -0.1) is 0 Å². The molecule has 1 saturated carbocycles. The molecule has 0 aromatic carbocycles. The highest BCUT2D eigenvalue weighted by Crippen LogP contribution is 2.29. The van der Waals surface area contributed by atoms with Crippen LogP contribution in [0.25, 0.3) is 0 Å². The van der Waals surface area contributed by atoms with E-state index >= 15 is 0 Å². The van der Waals surface area contributed by atoms with Gasteiger partial charge >= 0.3 is 5.97 Å². The number of rotatable bonds is 4. The summed E-state index contributed by atoms with van der Waals surface area (Å²) in [7, 11) is 0. The summed E-state index contributed by atoms with van der Waals surface area (Å²) in [5.74, 6) is 0.780. The molecular weight excluding hydrogens is 242 g/mol. The van der Waals surface area contributed by atoms with E-state index in [1.165, 1.54) is 37.9 Å². The first-order valence-electron chi connectivity index (χ1n) is 6.79. The monoisotopic (exact) mass is 263 g/mol. The number of carboxylic acid groups (broad SMARTS) is 1. The molecule has 104 valence electrons. The lowest BCUT2D eigenvalue weighted by atomic mass is 9.82. The van der Waals surface area contributed by atoms with E-state index < -0.39 is 5.97 Å². The second-order valence-electron chi connectivity index (χ2n) is 5.49. The smallest absolute Gasteiger partial charge is 0.339 e. The Morgan fingerprint density at radius 1 is 1.58 bits per heavy atom. The first-order chi connectivity index (χ1) is 9.06. The molecule has 19 heavy (non-hydrogen) atoms. The topological polar surface area (TPSA) is 88.2 Å². The van der Waals surface area contributed by atoms with E-state index in [-0.39, 0.29) is 5.56 Å². The molecule has 1 aromatic heterocycles. The van der Waals surface area contributed by atoms with Gasteiger partial charge in [0.25, 0.3) is 0 Å². The first kappa shape index (κ1) is 13.6. The van der Waals surface area contributed by atoms with Gasteiger partial charge in [-0.3, -0.25) is 0 Å². The fraction of sp³-hybridized carbons (Fsp3) is 0.571. The van der Waals surface area contributed by atoms with Crippen LogP contribution in [-0.4, -0.2) is 22.6 Å². The molecule has 0 amide bonds. The zero-order valence-electron chi connectivity index (χ0n) is 11.2. The average molecular weight is 263 g/mol. The fourth-order valence-electron chi connectivity index (χ4n) is 2.77. The van der Waals surface area contributed by atoms with Crippen molar-refractivity contribution in [2.75, 3.05) is 17.6 Å². The number of carboxylic acids is 1. The molecule has 0 spiro atoms. The number of nitrogens with one attached hydrogen (secondary N) is 1. The number of nitrogens with zero attached hydrogens (tertiary/aromatic N) is 1. The maximum atomic E-state index is 11.1. The van der Waals surface area contributed by atoms with Crippen LogP contribution in [0, 0.1) is 11.8 Å². The second kappa shape index (κ2) is 5.91. The summed E-state index contributed by atoms with van der Waals surface area (Å²) in [5.41, 5.74) is 6.08. The van der Waals surface area contributed by atoms with Crippen molar-refractivity contribution >= 4 is 17.5 Å². The highest BCUT2D eigenvalue weighted by Gasteiger charge is 2.19. The number of pyridine rings is 1. The standard InChI is InChI=1S/C14H21N3O2/c1-9-3-2-4-10(5-9)7-16-13-12(14(18)19)6-11(15)8-17-13/h6,8-10H,2-5,7,15H2,1H3,(H,16,17)(H,18,19). The number of hydrogen-bond acceptors (Lipinski definition) is 4. The summed E-state index contributed by atoms with van der Waals surface area (Å²) >= 11 is 0. The minimum Gasteiger partial charge on any atom is -0.478 e. The van der Waals surface area contributed by atoms with E-state index in [4.69, 9.17) is 10.8 Å². The molecule has 0 radical (unpaired) electrons. The highest BCUT2D eigenvalue weighted by atomic mass is 16.4. The Morgan fingerprint density at radius 3 is 3.05 bits per heavy atom. The van der Waals surface area contributed by atoms with Crippen molar-refractivity contribution < 1.29 is 9.90 Å². The minimum absolute atomic E-state index is 0.142. The largest absolute Gasteiger partial charge is 0.478 e. The van der Waals surface area contributed by atoms with Crippen molar-refractivity contribution in [1.29, 1.82) is 0 Å². The van der Waals surface area contributed by atoms with Crippen LogP contribution in [0.15, 0.2) is 12.3 Å². The van der Waals surface area contributed by atoms with Crippen LogP contribution in [-0.2, 0) is 0 Å². The normalized spacial score (nSPS) is 23.0. The lowest BCUT2D eigenvalue weighted by Crippen LogP contribution is -2.22. The van der Waals surface area contributed by atoms with Gasteiger partial charge < -0.3 is 16.2 Å². The van der Waals surface area contributed by atoms with Crippen molar-refractivity contribution in [3.05, 3.63) is 17.8 Å². The Labute approximate surface area is 113 Å². The summed E-state index contributed by atoms with van der Waals surface area (Å²) < 4.78 is 0. The molecule has 4 N–H and O–H groups in total. The van der Waals surface area contributed by atoms with E-state index in [9.17, 15) is 4.79 Å². The van der Waals surface area contributed by atoms with E-state index in [1.807, 2.05) is 0 Å². The number of carbonyl (C=O) groups is 1. The Bertz CT molecular complexity index is 462. The first-order valence-corrected chi connectivity index (χ1v) is 6.79. The molecular formula is C14H21N3O2. The van der Waals surface area contributed by atoms with Gasteiger partial charge in [-0.25, -0.2) is 9.78 Å². The fourth-order valence-corrected chi connectivity index (χ4v) is 2.77. The number of hydrogen-bond donors (Lipinski definition) is 3. The Kier molecular flexibility index (Phi) is 4.24. The zero-order chi connectivity index (χ0) is 13.8. The highest BCUT2D eigenvalue weighted by molar-refractivity contribution is 5.94. The van der Waals surface area contributed by atoms with Gasteiger partial charge in [0.15, 0.2) is 0 Å². The van der Waals surface area contributed by atoms with Gasteiger partial charge in [0, 0.05) is 6.54 Å². The lowest BCUT2D eigenvalue weighted by molar-refractivity contribution is 0.0697. The molecule has 5 heteroatoms. The summed E-state index contributed by atoms with van der Waals surface area (Å²) in [5, 5.41) is 12.3. The van der Waals surface area contributed by atoms with Gasteiger partial charge in [0.1, 0.15) is 11.4 Å². The third-order valence-corrected chi connectivity index (χ3v) is 3.74. The third kappa shape index (κ3) is 3.59. The van der Waals surface area contributed by atoms with Gasteiger partial charge in [0.05, 0.1) is 11.9 Å². The number of aromatic nitrogens is 1. The minimum atomic E-state index is -1.00. The molecule has 0 bridgehead atoms. The molecule has 0 saturated heterocycles. The Morgan fingerprint density at radius 2 is 2.37 bits per heavy atom. The number of aromatic carboxylic acids is 1. The van der Waals surface area contributed by atoms with Crippen molar-refractivity contribution in [2.45, 2.75) is 32.6 Å². The molecule has 1 fully saturated rings. The van der Waals surface area contributed by atoms with Gasteiger partial charge in [-0.05, 0) is 30.7 Å². The van der Waals surface area contributed by atoms with E-state index in [1.54, 1.807) is 0 Å². The maximum absolute atomic E-state index is 11.1. The van der Waals surface area contributed by atoms with Gasteiger partial charge in [-0.2, -0.15) is 0 Å². The van der Waals surface area contributed by atoms with Crippen molar-refractivity contribution in [3.8, 4) is 0 Å². The average Bonchev–Trinajstić information content (AvgIpc) is 2.37. The summed E-state index contributed by atoms with van der Waals surface area (Å²) in [6.07, 6.45) is 6.45. The third-order valence-electron chi connectivity index (χ3n) is 3.74. The van der Waals surface area contributed by atoms with Crippen LogP contribution in [0.1, 0.15) is 43.0 Å². The zero-order valence-corrected chi connectivity index (χ0v) is 11.2. The molecule has 1 heterocycles. The van der Waals surface area contributed by atoms with Crippen LogP contribution in [0.4, 0.5) is 11.5 Å². The molecule has 1 aliphatic carbocycles. The van der Waals surface area contributed by atoms with E-state index in [0.29, 0.717) is 17.4 Å². The van der Waals surface area contributed by atoms with Crippen LogP contribution < -0.4 is 11.1 Å². The quantitative estimate of drug-likeness (QED) is 0.777. The molecule has 2 atom stereocenters. The van der Waals surface area contributed by atoms with Crippen molar-refractivity contribution in [1.82, 2.24) is 4.98 Å². The predicted molar refractivity (Wildman–Crippen MR) is 75.2 cm³/mol. The summed E-state index contributed by atoms with van der Waals surface area (Å²) in [6, 6.07) is 1.45. The van der Waals surface area contributed by atoms with Crippen molar-refractivity contribution in [2.24, 2.45) is 11.8 Å². The predicted octanol–water partition coefficient (Wildman–Crippen LogP) is 2.60. The number of anilines is 2. The van der Waals surface area contributed by atoms with Gasteiger partial charge in [-0.1, -0.05) is 19.8 Å². The molecule has 1 aromatic rings. The van der Waals surface area contributed by atoms with Crippen molar-refractivity contribution in [3.63, 3.8) is 0 Å². The van der Waals surface area contributed by atoms with Crippen LogP contribution >= 0.6 is 0 Å². The van der Waals surface area contributed by atoms with E-state index in [2.05, 4.69) is 17.2 Å². The number of nitrogen functional groups attached to an aromatic ring is 1. The summed E-state index contributed by atoms with van der Waals surface area (Å²) in [6.45, 7) is 3.05. The molecule has 2 rings (SSSR count). The SMILES string of the molecule is CC1CCCC(CNc2ncc(N)cc2C(=O)O)C1. The van der Waals surface area contributed by atoms with Gasteiger partial charge in [0.2, 0.25) is 0 Å². The maximum Gasteiger partial charge on any atom is 0.339 e. The number of nitrogens with two attached hydrogens (primary N) is 1.